The summed E-state index contributed by atoms with van der Waals surface area (Å²) in [6.45, 7) is 10.8. The first-order chi connectivity index (χ1) is 9.67. The van der Waals surface area contributed by atoms with Crippen molar-refractivity contribution in [2.75, 3.05) is 39.3 Å². The quantitative estimate of drug-likeness (QED) is 0.805. The average Bonchev–Trinajstić information content (AvgIpc) is 3.00. The van der Waals surface area contributed by atoms with Gasteiger partial charge in [0.2, 0.25) is 0 Å². The van der Waals surface area contributed by atoms with Crippen LogP contribution in [0.4, 0.5) is 0 Å². The Labute approximate surface area is 124 Å². The molecule has 0 radical (unpaired) electrons. The van der Waals surface area contributed by atoms with Crippen LogP contribution in [0.3, 0.4) is 0 Å². The third-order valence-electron chi connectivity index (χ3n) is 4.99. The zero-order valence-electron chi connectivity index (χ0n) is 13.2. The molecule has 0 aromatic carbocycles. The van der Waals surface area contributed by atoms with Crippen molar-refractivity contribution < 1.29 is 0 Å². The number of rotatable bonds is 6. The van der Waals surface area contributed by atoms with Crippen LogP contribution in [0.5, 0.6) is 0 Å². The molecule has 0 bridgehead atoms. The Morgan fingerprint density at radius 1 is 1.20 bits per heavy atom. The predicted octanol–water partition coefficient (Wildman–Crippen LogP) is 1.83. The Morgan fingerprint density at radius 3 is 2.40 bits per heavy atom. The molecule has 0 spiro atoms. The molecule has 0 aromatic heterocycles. The van der Waals surface area contributed by atoms with Gasteiger partial charge in [0.25, 0.3) is 0 Å². The molecule has 114 valence electrons. The topological polar surface area (TPSA) is 42.3 Å². The minimum absolute atomic E-state index is 0.364. The molecule has 1 atom stereocenters. The maximum Gasteiger partial charge on any atom is 0.105 e. The van der Waals surface area contributed by atoms with E-state index in [1.54, 1.807) is 0 Å². The zero-order chi connectivity index (χ0) is 14.4. The lowest BCUT2D eigenvalue weighted by Gasteiger charge is -2.39. The third-order valence-corrected chi connectivity index (χ3v) is 4.99. The summed E-state index contributed by atoms with van der Waals surface area (Å²) in [5, 5.41) is 12.6. The van der Waals surface area contributed by atoms with Crippen molar-refractivity contribution in [1.82, 2.24) is 15.1 Å². The number of piperazine rings is 1. The number of nitrogens with zero attached hydrogens (tertiary/aromatic N) is 3. The summed E-state index contributed by atoms with van der Waals surface area (Å²) < 4.78 is 0. The lowest BCUT2D eigenvalue weighted by atomic mass is 9.99. The van der Waals surface area contributed by atoms with Crippen molar-refractivity contribution in [3.05, 3.63) is 0 Å². The van der Waals surface area contributed by atoms with Crippen LogP contribution in [-0.4, -0.2) is 60.6 Å². The molecule has 2 aliphatic rings. The molecular formula is C16H30N4. The SMILES string of the molecule is CCNC(C)(C#N)CCN1CCN(C2CCCC2)CC1. The van der Waals surface area contributed by atoms with Gasteiger partial charge >= 0.3 is 0 Å². The van der Waals surface area contributed by atoms with Gasteiger partial charge in [-0.15, -0.1) is 0 Å². The van der Waals surface area contributed by atoms with Crippen molar-refractivity contribution >= 4 is 0 Å². The predicted molar refractivity (Wildman–Crippen MR) is 82.6 cm³/mol. The van der Waals surface area contributed by atoms with Gasteiger partial charge in [0, 0.05) is 38.8 Å². The normalized spacial score (nSPS) is 25.4. The van der Waals surface area contributed by atoms with Crippen LogP contribution in [-0.2, 0) is 0 Å². The van der Waals surface area contributed by atoms with Crippen molar-refractivity contribution in [1.29, 1.82) is 5.26 Å². The van der Waals surface area contributed by atoms with Gasteiger partial charge in [-0.05, 0) is 32.7 Å². The highest BCUT2D eigenvalue weighted by atomic mass is 15.3. The molecule has 1 aliphatic carbocycles. The van der Waals surface area contributed by atoms with E-state index in [0.717, 1.165) is 25.6 Å². The van der Waals surface area contributed by atoms with Gasteiger partial charge < -0.3 is 4.90 Å². The van der Waals surface area contributed by atoms with Crippen LogP contribution >= 0.6 is 0 Å². The molecule has 2 rings (SSSR count). The van der Waals surface area contributed by atoms with Gasteiger partial charge in [0.05, 0.1) is 6.07 Å². The van der Waals surface area contributed by atoms with E-state index >= 15 is 0 Å². The van der Waals surface area contributed by atoms with Crippen molar-refractivity contribution in [2.45, 2.75) is 57.5 Å². The number of nitrogens with one attached hydrogen (secondary N) is 1. The third kappa shape index (κ3) is 4.18. The number of hydrogen-bond donors (Lipinski definition) is 1. The first-order valence-corrected chi connectivity index (χ1v) is 8.29. The van der Waals surface area contributed by atoms with Gasteiger partial charge in [-0.2, -0.15) is 5.26 Å². The summed E-state index contributed by atoms with van der Waals surface area (Å²) in [6, 6.07) is 3.29. The highest BCUT2D eigenvalue weighted by Gasteiger charge is 2.28. The van der Waals surface area contributed by atoms with Gasteiger partial charge in [0.1, 0.15) is 5.54 Å². The molecule has 1 unspecified atom stereocenters. The standard InChI is InChI=1S/C16H30N4/c1-3-18-16(2,14-17)8-9-19-10-12-20(13-11-19)15-6-4-5-7-15/h15,18H,3-13H2,1-2H3. The van der Waals surface area contributed by atoms with E-state index in [0.29, 0.717) is 0 Å². The molecule has 0 amide bonds. The molecule has 4 heteroatoms. The molecule has 1 aliphatic heterocycles. The van der Waals surface area contributed by atoms with E-state index in [-0.39, 0.29) is 5.54 Å². The number of nitriles is 1. The Hall–Kier alpha value is -0.630. The van der Waals surface area contributed by atoms with Gasteiger partial charge in [-0.3, -0.25) is 10.2 Å². The second-order valence-corrected chi connectivity index (χ2v) is 6.54. The van der Waals surface area contributed by atoms with Gasteiger partial charge in [-0.25, -0.2) is 0 Å². The molecule has 2 fully saturated rings. The van der Waals surface area contributed by atoms with E-state index in [9.17, 15) is 5.26 Å². The van der Waals surface area contributed by atoms with E-state index in [4.69, 9.17) is 0 Å². The maximum absolute atomic E-state index is 9.29. The minimum atomic E-state index is -0.364. The highest BCUT2D eigenvalue weighted by molar-refractivity contribution is 5.03. The monoisotopic (exact) mass is 278 g/mol. The maximum atomic E-state index is 9.29. The fraction of sp³-hybridized carbons (Fsp3) is 0.938. The Morgan fingerprint density at radius 2 is 1.85 bits per heavy atom. The Bertz CT molecular complexity index is 324. The first-order valence-electron chi connectivity index (χ1n) is 8.29. The summed E-state index contributed by atoms with van der Waals surface area (Å²) in [7, 11) is 0. The highest BCUT2D eigenvalue weighted by Crippen LogP contribution is 2.24. The summed E-state index contributed by atoms with van der Waals surface area (Å²) in [5.74, 6) is 0. The van der Waals surface area contributed by atoms with Crippen LogP contribution in [0.1, 0.15) is 46.0 Å². The van der Waals surface area contributed by atoms with Crippen molar-refractivity contribution in [2.24, 2.45) is 0 Å². The minimum Gasteiger partial charge on any atom is -0.301 e. The van der Waals surface area contributed by atoms with E-state index < -0.39 is 0 Å². The summed E-state index contributed by atoms with van der Waals surface area (Å²) in [5.41, 5.74) is -0.364. The van der Waals surface area contributed by atoms with E-state index in [1.807, 2.05) is 6.92 Å². The summed E-state index contributed by atoms with van der Waals surface area (Å²) >= 11 is 0. The van der Waals surface area contributed by atoms with Crippen LogP contribution < -0.4 is 5.32 Å². The zero-order valence-corrected chi connectivity index (χ0v) is 13.2. The number of hydrogen-bond acceptors (Lipinski definition) is 4. The van der Waals surface area contributed by atoms with Gasteiger partial charge in [0.15, 0.2) is 0 Å². The first kappa shape index (κ1) is 15.8. The fourth-order valence-electron chi connectivity index (χ4n) is 3.58. The molecule has 0 aromatic rings. The second-order valence-electron chi connectivity index (χ2n) is 6.54. The molecule has 1 N–H and O–H groups in total. The molecule has 1 saturated heterocycles. The lowest BCUT2D eigenvalue weighted by molar-refractivity contribution is 0.0936. The van der Waals surface area contributed by atoms with Crippen LogP contribution in [0.2, 0.25) is 0 Å². The lowest BCUT2D eigenvalue weighted by Crippen LogP contribution is -2.51. The average molecular weight is 278 g/mol. The molecule has 20 heavy (non-hydrogen) atoms. The van der Waals surface area contributed by atoms with Crippen molar-refractivity contribution in [3.63, 3.8) is 0 Å². The fourth-order valence-corrected chi connectivity index (χ4v) is 3.58. The summed E-state index contributed by atoms with van der Waals surface area (Å²) in [4.78, 5) is 5.22. The second kappa shape index (κ2) is 7.40. The molecule has 1 heterocycles. The largest absolute Gasteiger partial charge is 0.301 e. The van der Waals surface area contributed by atoms with Crippen LogP contribution in [0, 0.1) is 11.3 Å². The Balaban J connectivity index is 1.70. The smallest absolute Gasteiger partial charge is 0.105 e. The van der Waals surface area contributed by atoms with E-state index in [1.165, 1.54) is 51.9 Å². The van der Waals surface area contributed by atoms with Crippen LogP contribution in [0.25, 0.3) is 0 Å². The Kier molecular flexibility index (Phi) is 5.83. The molecule has 4 nitrogen and oxygen atoms in total. The molecule has 1 saturated carbocycles. The van der Waals surface area contributed by atoms with Crippen LogP contribution in [0.15, 0.2) is 0 Å². The molecular weight excluding hydrogens is 248 g/mol. The summed E-state index contributed by atoms with van der Waals surface area (Å²) in [6.07, 6.45) is 6.59. The van der Waals surface area contributed by atoms with Gasteiger partial charge in [-0.1, -0.05) is 19.8 Å². The van der Waals surface area contributed by atoms with E-state index in [2.05, 4.69) is 28.1 Å². The van der Waals surface area contributed by atoms with Crippen molar-refractivity contribution in [3.8, 4) is 6.07 Å².